The van der Waals surface area contributed by atoms with Crippen LogP contribution in [-0.4, -0.2) is 28.9 Å². The highest BCUT2D eigenvalue weighted by Gasteiger charge is 2.12. The first-order valence-electron chi connectivity index (χ1n) is 8.40. The van der Waals surface area contributed by atoms with E-state index in [2.05, 4.69) is 27.3 Å². The molecule has 2 heterocycles. The number of aryl methyl sites for hydroxylation is 1. The van der Waals surface area contributed by atoms with E-state index in [0.29, 0.717) is 6.54 Å². The minimum absolute atomic E-state index is 0.147. The van der Waals surface area contributed by atoms with Gasteiger partial charge in [0.1, 0.15) is 5.56 Å². The Kier molecular flexibility index (Phi) is 5.11. The first kappa shape index (κ1) is 16.5. The monoisotopic (exact) mass is 325 g/mol. The molecule has 0 atom stereocenters. The van der Waals surface area contributed by atoms with Crippen molar-refractivity contribution in [1.82, 2.24) is 15.2 Å². The second-order valence-electron chi connectivity index (χ2n) is 6.37. The third kappa shape index (κ3) is 4.11. The molecule has 0 radical (unpaired) electrons. The molecule has 1 amide bonds. The lowest BCUT2D eigenvalue weighted by Gasteiger charge is -2.15. The van der Waals surface area contributed by atoms with Gasteiger partial charge in [-0.1, -0.05) is 24.3 Å². The van der Waals surface area contributed by atoms with Crippen molar-refractivity contribution in [3.05, 3.63) is 69.1 Å². The van der Waals surface area contributed by atoms with Gasteiger partial charge in [0.15, 0.2) is 0 Å². The lowest BCUT2D eigenvalue weighted by Crippen LogP contribution is -2.29. The molecule has 0 aliphatic carbocycles. The molecule has 1 aliphatic heterocycles. The topological polar surface area (TPSA) is 65.2 Å². The Morgan fingerprint density at radius 2 is 1.92 bits per heavy atom. The van der Waals surface area contributed by atoms with Gasteiger partial charge in [-0.2, -0.15) is 0 Å². The van der Waals surface area contributed by atoms with Crippen molar-refractivity contribution in [2.24, 2.45) is 0 Å². The number of H-pyrrole nitrogens is 1. The van der Waals surface area contributed by atoms with E-state index in [1.165, 1.54) is 18.4 Å². The second kappa shape index (κ2) is 7.45. The van der Waals surface area contributed by atoms with Crippen LogP contribution in [0.3, 0.4) is 0 Å². The zero-order valence-corrected chi connectivity index (χ0v) is 14.0. The predicted molar refractivity (Wildman–Crippen MR) is 93.9 cm³/mol. The highest BCUT2D eigenvalue weighted by Crippen LogP contribution is 2.13. The molecule has 3 rings (SSSR count). The molecule has 2 N–H and O–H groups in total. The lowest BCUT2D eigenvalue weighted by atomic mass is 10.1. The third-order valence-electron chi connectivity index (χ3n) is 4.35. The van der Waals surface area contributed by atoms with E-state index in [0.717, 1.165) is 30.9 Å². The number of nitrogens with one attached hydrogen (secondary N) is 2. The fourth-order valence-electron chi connectivity index (χ4n) is 3.07. The van der Waals surface area contributed by atoms with Gasteiger partial charge in [-0.3, -0.25) is 14.5 Å². The largest absolute Gasteiger partial charge is 0.348 e. The summed E-state index contributed by atoms with van der Waals surface area (Å²) in [5, 5.41) is 2.82. The van der Waals surface area contributed by atoms with Crippen LogP contribution in [-0.2, 0) is 13.1 Å². The average molecular weight is 325 g/mol. The number of aromatic amines is 1. The number of likely N-dealkylation sites (tertiary alicyclic amines) is 1. The van der Waals surface area contributed by atoms with E-state index in [4.69, 9.17) is 0 Å². The zero-order chi connectivity index (χ0) is 16.9. The number of pyridine rings is 1. The Hall–Kier alpha value is -2.40. The van der Waals surface area contributed by atoms with Crippen molar-refractivity contribution in [3.63, 3.8) is 0 Å². The molecule has 1 saturated heterocycles. The molecule has 2 aromatic rings. The molecule has 5 nitrogen and oxygen atoms in total. The quantitative estimate of drug-likeness (QED) is 0.886. The van der Waals surface area contributed by atoms with E-state index in [-0.39, 0.29) is 17.0 Å². The van der Waals surface area contributed by atoms with E-state index in [9.17, 15) is 9.59 Å². The van der Waals surface area contributed by atoms with Gasteiger partial charge >= 0.3 is 0 Å². The number of carbonyl (C=O) groups excluding carboxylic acids is 1. The number of benzene rings is 1. The normalized spacial score (nSPS) is 14.7. The van der Waals surface area contributed by atoms with Gasteiger partial charge in [0.25, 0.3) is 11.5 Å². The number of aromatic nitrogens is 1. The summed E-state index contributed by atoms with van der Waals surface area (Å²) in [7, 11) is 0. The number of carbonyl (C=O) groups is 1. The lowest BCUT2D eigenvalue weighted by molar-refractivity contribution is 0.0949. The maximum absolute atomic E-state index is 12.2. The zero-order valence-electron chi connectivity index (χ0n) is 14.0. The molecule has 1 aromatic carbocycles. The third-order valence-corrected chi connectivity index (χ3v) is 4.35. The number of hydrogen-bond acceptors (Lipinski definition) is 3. The van der Waals surface area contributed by atoms with E-state index >= 15 is 0 Å². The Labute approximate surface area is 141 Å². The van der Waals surface area contributed by atoms with Crippen LogP contribution in [0.4, 0.5) is 0 Å². The van der Waals surface area contributed by atoms with Crippen molar-refractivity contribution >= 4 is 5.91 Å². The maximum atomic E-state index is 12.2. The summed E-state index contributed by atoms with van der Waals surface area (Å²) in [5.74, 6) is -0.346. The summed E-state index contributed by atoms with van der Waals surface area (Å²) in [6.45, 7) is 5.49. The highest BCUT2D eigenvalue weighted by atomic mass is 16.2. The standard InChI is InChI=1S/C19H23N3O2/c1-14-7-8-17(19(24)21-14)18(23)20-12-15-5-4-6-16(11-15)13-22-9-2-3-10-22/h4-8,11H,2-3,9-10,12-13H2,1H3,(H,20,23)(H,21,24). The van der Waals surface area contributed by atoms with Crippen LogP contribution >= 0.6 is 0 Å². The van der Waals surface area contributed by atoms with Crippen molar-refractivity contribution in [2.45, 2.75) is 32.9 Å². The molecule has 5 heteroatoms. The summed E-state index contributed by atoms with van der Waals surface area (Å²) < 4.78 is 0. The van der Waals surface area contributed by atoms with E-state index < -0.39 is 0 Å². The fraction of sp³-hybridized carbons (Fsp3) is 0.368. The van der Waals surface area contributed by atoms with Gasteiger partial charge in [0, 0.05) is 18.8 Å². The summed E-state index contributed by atoms with van der Waals surface area (Å²) in [6, 6.07) is 11.5. The van der Waals surface area contributed by atoms with Gasteiger partial charge in [-0.15, -0.1) is 0 Å². The number of hydrogen-bond donors (Lipinski definition) is 2. The minimum Gasteiger partial charge on any atom is -0.348 e. The molecule has 0 spiro atoms. The molecular formula is C19H23N3O2. The van der Waals surface area contributed by atoms with E-state index in [1.54, 1.807) is 19.1 Å². The van der Waals surface area contributed by atoms with Crippen LogP contribution in [0, 0.1) is 6.92 Å². The molecule has 0 unspecified atom stereocenters. The van der Waals surface area contributed by atoms with Gasteiger partial charge in [0.2, 0.25) is 0 Å². The Morgan fingerprint density at radius 1 is 1.17 bits per heavy atom. The molecular weight excluding hydrogens is 302 g/mol. The molecule has 1 fully saturated rings. The van der Waals surface area contributed by atoms with Crippen molar-refractivity contribution in [1.29, 1.82) is 0 Å². The molecule has 24 heavy (non-hydrogen) atoms. The fourth-order valence-corrected chi connectivity index (χ4v) is 3.07. The van der Waals surface area contributed by atoms with Gasteiger partial charge < -0.3 is 10.3 Å². The highest BCUT2D eigenvalue weighted by molar-refractivity contribution is 5.93. The van der Waals surface area contributed by atoms with Crippen LogP contribution < -0.4 is 10.9 Å². The Morgan fingerprint density at radius 3 is 2.67 bits per heavy atom. The number of nitrogens with zero attached hydrogens (tertiary/aromatic N) is 1. The van der Waals surface area contributed by atoms with E-state index in [1.807, 2.05) is 12.1 Å². The van der Waals surface area contributed by atoms with Crippen LogP contribution in [0.2, 0.25) is 0 Å². The Balaban J connectivity index is 1.61. The van der Waals surface area contributed by atoms with Crippen LogP contribution in [0.5, 0.6) is 0 Å². The first-order chi connectivity index (χ1) is 11.6. The SMILES string of the molecule is Cc1ccc(C(=O)NCc2cccc(CN3CCCC3)c2)c(=O)[nH]1. The smallest absolute Gasteiger partial charge is 0.260 e. The minimum atomic E-state index is -0.352. The molecule has 126 valence electrons. The second-order valence-corrected chi connectivity index (χ2v) is 6.37. The Bertz CT molecular complexity index is 776. The summed E-state index contributed by atoms with van der Waals surface area (Å²) >= 11 is 0. The summed E-state index contributed by atoms with van der Waals surface area (Å²) in [5.41, 5.74) is 2.84. The predicted octanol–water partition coefficient (Wildman–Crippen LogP) is 2.21. The van der Waals surface area contributed by atoms with Crippen molar-refractivity contribution in [2.75, 3.05) is 13.1 Å². The molecule has 1 aliphatic rings. The van der Waals surface area contributed by atoms with Gasteiger partial charge in [0.05, 0.1) is 0 Å². The van der Waals surface area contributed by atoms with Gasteiger partial charge in [-0.25, -0.2) is 0 Å². The van der Waals surface area contributed by atoms with Crippen molar-refractivity contribution in [3.8, 4) is 0 Å². The van der Waals surface area contributed by atoms with Crippen LogP contribution in [0.15, 0.2) is 41.2 Å². The molecule has 0 bridgehead atoms. The van der Waals surface area contributed by atoms with Crippen molar-refractivity contribution < 1.29 is 4.79 Å². The summed E-state index contributed by atoms with van der Waals surface area (Å²) in [6.07, 6.45) is 2.56. The van der Waals surface area contributed by atoms with Crippen LogP contribution in [0.1, 0.15) is 40.0 Å². The average Bonchev–Trinajstić information content (AvgIpc) is 3.06. The van der Waals surface area contributed by atoms with Gasteiger partial charge in [-0.05, 0) is 56.1 Å². The molecule has 0 saturated carbocycles. The number of amides is 1. The van der Waals surface area contributed by atoms with Crippen LogP contribution in [0.25, 0.3) is 0 Å². The first-order valence-corrected chi connectivity index (χ1v) is 8.40. The summed E-state index contributed by atoms with van der Waals surface area (Å²) in [4.78, 5) is 29.1. The maximum Gasteiger partial charge on any atom is 0.260 e. The number of rotatable bonds is 5. The molecule has 1 aromatic heterocycles.